The first-order chi connectivity index (χ1) is 17.9. The van der Waals surface area contributed by atoms with E-state index in [-0.39, 0.29) is 35.2 Å². The predicted molar refractivity (Wildman–Crippen MR) is 136 cm³/mol. The highest BCUT2D eigenvalue weighted by molar-refractivity contribution is 6.15. The van der Waals surface area contributed by atoms with E-state index in [4.69, 9.17) is 18.9 Å². The number of nitrogens with zero attached hydrogens (tertiary/aromatic N) is 1. The van der Waals surface area contributed by atoms with Gasteiger partial charge in [-0.25, -0.2) is 0 Å². The maximum absolute atomic E-state index is 13.4. The van der Waals surface area contributed by atoms with Gasteiger partial charge in [-0.15, -0.1) is 0 Å². The molecule has 0 aliphatic carbocycles. The molecule has 3 heterocycles. The highest BCUT2D eigenvalue weighted by atomic mass is 16.5. The lowest BCUT2D eigenvalue weighted by Gasteiger charge is -2.27. The van der Waals surface area contributed by atoms with Crippen molar-refractivity contribution in [1.29, 1.82) is 0 Å². The second kappa shape index (κ2) is 8.44. The van der Waals surface area contributed by atoms with Gasteiger partial charge in [0.15, 0.2) is 17.3 Å². The molecule has 186 valence electrons. The van der Waals surface area contributed by atoms with Crippen LogP contribution in [0.25, 0.3) is 17.0 Å². The number of esters is 1. The number of hydrogen-bond donors (Lipinski definition) is 1. The summed E-state index contributed by atoms with van der Waals surface area (Å²) < 4.78 is 24.4. The Labute approximate surface area is 212 Å². The van der Waals surface area contributed by atoms with Gasteiger partial charge in [-0.05, 0) is 42.0 Å². The maximum Gasteiger partial charge on any atom is 0.312 e. The van der Waals surface area contributed by atoms with Crippen molar-refractivity contribution in [3.63, 3.8) is 0 Å². The van der Waals surface area contributed by atoms with E-state index in [9.17, 15) is 14.7 Å². The number of Topliss-reactive ketones (excluding diaryl/α,β-unsaturated/α-hetero) is 1. The smallest absolute Gasteiger partial charge is 0.312 e. The molecule has 37 heavy (non-hydrogen) atoms. The van der Waals surface area contributed by atoms with Crippen LogP contribution in [0.4, 0.5) is 0 Å². The second-order valence-electron chi connectivity index (χ2n) is 9.01. The first kappa shape index (κ1) is 22.7. The van der Waals surface area contributed by atoms with Gasteiger partial charge in [-0.2, -0.15) is 0 Å². The van der Waals surface area contributed by atoms with Crippen LogP contribution in [0.2, 0.25) is 0 Å². The van der Waals surface area contributed by atoms with Crippen LogP contribution in [0.15, 0.2) is 60.5 Å². The van der Waals surface area contributed by atoms with E-state index in [1.54, 1.807) is 30.3 Å². The Kier molecular flexibility index (Phi) is 5.19. The van der Waals surface area contributed by atoms with Crippen LogP contribution in [0, 0.1) is 0 Å². The molecule has 0 saturated heterocycles. The number of aromatic hydroxyl groups is 1. The third kappa shape index (κ3) is 3.52. The molecule has 0 spiro atoms. The molecule has 1 atom stereocenters. The van der Waals surface area contributed by atoms with Crippen molar-refractivity contribution in [3.05, 3.63) is 82.7 Å². The molecule has 2 aliphatic rings. The van der Waals surface area contributed by atoms with Crippen LogP contribution in [0.5, 0.6) is 28.7 Å². The fourth-order valence-corrected chi connectivity index (χ4v) is 5.14. The lowest BCUT2D eigenvalue weighted by Crippen LogP contribution is -2.21. The molecule has 3 aromatic carbocycles. The Morgan fingerprint density at radius 3 is 2.49 bits per heavy atom. The Morgan fingerprint density at radius 2 is 1.76 bits per heavy atom. The number of allylic oxidation sites excluding steroid dienone is 1. The number of ether oxygens (including phenoxy) is 4. The monoisotopic (exact) mass is 497 g/mol. The summed E-state index contributed by atoms with van der Waals surface area (Å²) in [6, 6.07) is 14.5. The number of fused-ring (bicyclic) bond motifs is 4. The third-order valence-electron chi connectivity index (χ3n) is 6.90. The maximum atomic E-state index is 13.4. The summed E-state index contributed by atoms with van der Waals surface area (Å²) in [6.07, 6.45) is 3.71. The van der Waals surface area contributed by atoms with Gasteiger partial charge < -0.3 is 28.6 Å². The van der Waals surface area contributed by atoms with E-state index >= 15 is 0 Å². The minimum absolute atomic E-state index is 0.0143. The van der Waals surface area contributed by atoms with Crippen molar-refractivity contribution in [2.75, 3.05) is 14.2 Å². The molecule has 4 aromatic rings. The van der Waals surface area contributed by atoms with Crippen molar-refractivity contribution in [2.45, 2.75) is 12.3 Å². The fraction of sp³-hybridized carbons (Fsp3) is 0.172. The average molecular weight is 498 g/mol. The summed E-state index contributed by atoms with van der Waals surface area (Å²) in [6.45, 7) is 0. The van der Waals surface area contributed by atoms with Crippen molar-refractivity contribution < 1.29 is 33.6 Å². The first-order valence-corrected chi connectivity index (χ1v) is 11.7. The molecule has 8 nitrogen and oxygen atoms in total. The van der Waals surface area contributed by atoms with Gasteiger partial charge >= 0.3 is 5.97 Å². The molecule has 8 heteroatoms. The van der Waals surface area contributed by atoms with Crippen molar-refractivity contribution in [3.8, 4) is 28.7 Å². The summed E-state index contributed by atoms with van der Waals surface area (Å²) in [5.41, 5.74) is 3.53. The number of benzene rings is 3. The number of ketones is 1. The van der Waals surface area contributed by atoms with E-state index in [0.29, 0.717) is 28.2 Å². The minimum atomic E-state index is -0.515. The van der Waals surface area contributed by atoms with Gasteiger partial charge in [0.25, 0.3) is 0 Å². The summed E-state index contributed by atoms with van der Waals surface area (Å²) >= 11 is 0. The number of hydrogen-bond acceptors (Lipinski definition) is 7. The van der Waals surface area contributed by atoms with Crippen LogP contribution in [0.1, 0.15) is 39.4 Å². The Bertz CT molecular complexity index is 1620. The SMILES string of the molecule is COc1cc([C@@H]2CC(=O)Oc3ccc4c(c32)O/C(=C/c2cn(C)c3ccccc23)C4=O)cc(OC)c1O. The number of carbonyl (C=O) groups is 2. The van der Waals surface area contributed by atoms with E-state index in [1.165, 1.54) is 14.2 Å². The number of aromatic nitrogens is 1. The molecule has 0 unspecified atom stereocenters. The second-order valence-corrected chi connectivity index (χ2v) is 9.01. The molecule has 1 aromatic heterocycles. The van der Waals surface area contributed by atoms with Crippen LogP contribution in [-0.4, -0.2) is 35.6 Å². The lowest BCUT2D eigenvalue weighted by atomic mass is 9.84. The third-order valence-corrected chi connectivity index (χ3v) is 6.90. The van der Waals surface area contributed by atoms with Gasteiger partial charge in [0.05, 0.1) is 26.2 Å². The van der Waals surface area contributed by atoms with Crippen LogP contribution in [0.3, 0.4) is 0 Å². The molecule has 0 radical (unpaired) electrons. The standard InChI is InChI=1S/C29H23NO7/c1-30-14-16(17-6-4-5-7-20(17)30)12-24-27(32)18-8-9-21-26(29(18)37-24)19(13-25(31)36-21)15-10-22(34-2)28(33)23(11-15)35-3/h4-12,14,19,33H,13H2,1-3H3/b24-12+/t19-/m0/s1. The molecular formula is C29H23NO7. The van der Waals surface area contributed by atoms with Gasteiger partial charge in [-0.3, -0.25) is 9.59 Å². The largest absolute Gasteiger partial charge is 0.502 e. The molecule has 1 N–H and O–H groups in total. The van der Waals surface area contributed by atoms with Gasteiger partial charge in [-0.1, -0.05) is 18.2 Å². The van der Waals surface area contributed by atoms with Gasteiger partial charge in [0, 0.05) is 41.2 Å². The Balaban J connectivity index is 1.48. The summed E-state index contributed by atoms with van der Waals surface area (Å²) in [7, 11) is 4.82. The van der Waals surface area contributed by atoms with E-state index in [1.807, 2.05) is 42.1 Å². The van der Waals surface area contributed by atoms with Crippen molar-refractivity contribution >= 4 is 28.7 Å². The summed E-state index contributed by atoms with van der Waals surface area (Å²) in [5.74, 6) is -0.0378. The fourth-order valence-electron chi connectivity index (χ4n) is 5.14. The van der Waals surface area contributed by atoms with Crippen LogP contribution >= 0.6 is 0 Å². The van der Waals surface area contributed by atoms with Crippen molar-refractivity contribution in [2.24, 2.45) is 7.05 Å². The number of para-hydroxylation sites is 1. The highest BCUT2D eigenvalue weighted by Crippen LogP contribution is 2.51. The van der Waals surface area contributed by atoms with Gasteiger partial charge in [0.1, 0.15) is 11.5 Å². The first-order valence-electron chi connectivity index (χ1n) is 11.7. The number of phenolic OH excluding ortho intramolecular Hbond substituents is 1. The molecule has 6 rings (SSSR count). The number of methoxy groups -OCH3 is 2. The molecule has 0 bridgehead atoms. The Hall–Kier alpha value is -4.72. The molecular weight excluding hydrogens is 474 g/mol. The van der Waals surface area contributed by atoms with Crippen LogP contribution < -0.4 is 18.9 Å². The summed E-state index contributed by atoms with van der Waals surface area (Å²) in [5, 5.41) is 11.4. The Morgan fingerprint density at radius 1 is 1.03 bits per heavy atom. The van der Waals surface area contributed by atoms with Gasteiger partial charge in [0.2, 0.25) is 11.5 Å². The zero-order valence-electron chi connectivity index (χ0n) is 20.4. The number of rotatable bonds is 4. The van der Waals surface area contributed by atoms with E-state index in [2.05, 4.69) is 0 Å². The molecule has 0 amide bonds. The quantitative estimate of drug-likeness (QED) is 0.242. The zero-order chi connectivity index (χ0) is 25.8. The van der Waals surface area contributed by atoms with E-state index < -0.39 is 11.9 Å². The topological polar surface area (TPSA) is 96.2 Å². The lowest BCUT2D eigenvalue weighted by molar-refractivity contribution is -0.135. The normalized spacial score (nSPS) is 17.4. The number of phenols is 1. The molecule has 2 aliphatic heterocycles. The predicted octanol–water partition coefficient (Wildman–Crippen LogP) is 4.96. The van der Waals surface area contributed by atoms with Crippen molar-refractivity contribution in [1.82, 2.24) is 4.57 Å². The highest BCUT2D eigenvalue weighted by Gasteiger charge is 2.39. The molecule has 0 saturated carbocycles. The number of carbonyl (C=O) groups excluding carboxylic acids is 2. The minimum Gasteiger partial charge on any atom is -0.502 e. The summed E-state index contributed by atoms with van der Waals surface area (Å²) in [4.78, 5) is 25.9. The number of aryl methyl sites for hydroxylation is 1. The molecule has 0 fully saturated rings. The zero-order valence-corrected chi connectivity index (χ0v) is 20.4. The van der Waals surface area contributed by atoms with Crippen LogP contribution in [-0.2, 0) is 11.8 Å². The average Bonchev–Trinajstić information content (AvgIpc) is 3.39. The van der Waals surface area contributed by atoms with E-state index in [0.717, 1.165) is 16.5 Å².